The van der Waals surface area contributed by atoms with Crippen LogP contribution in [-0.4, -0.2) is 102 Å². The molecule has 18 nitrogen and oxygen atoms in total. The molecule has 0 radical (unpaired) electrons. The van der Waals surface area contributed by atoms with Crippen LogP contribution in [0.15, 0.2) is 146 Å². The summed E-state index contributed by atoms with van der Waals surface area (Å²) in [5.41, 5.74) is 4.84. The van der Waals surface area contributed by atoms with E-state index in [2.05, 4.69) is 41.5 Å². The number of fused-ring (bicyclic) bond motifs is 3. The van der Waals surface area contributed by atoms with Crippen LogP contribution < -0.4 is 39.6 Å². The van der Waals surface area contributed by atoms with E-state index in [0.717, 1.165) is 55.2 Å². The fraction of sp³-hybridized carbons (Fsp3) is 0.404. The first-order chi connectivity index (χ1) is 52.8. The molecule has 0 bridgehead atoms. The summed E-state index contributed by atoms with van der Waals surface area (Å²) >= 11 is 7.60. The lowest BCUT2D eigenvalue weighted by Crippen LogP contribution is -2.15. The smallest absolute Gasteiger partial charge is 0.343 e. The molecule has 584 valence electrons. The van der Waals surface area contributed by atoms with E-state index < -0.39 is 29.7 Å². The van der Waals surface area contributed by atoms with Crippen molar-refractivity contribution in [3.05, 3.63) is 184 Å². The lowest BCUT2D eigenvalue weighted by Gasteiger charge is -2.16. The van der Waals surface area contributed by atoms with Gasteiger partial charge in [-0.1, -0.05) is 245 Å². The normalized spacial score (nSPS) is 10.9. The number of phenols is 3. The van der Waals surface area contributed by atoms with E-state index in [4.69, 9.17) is 40.4 Å². The number of carbonyl (C=O) groups excluding carboxylic acids is 4. The summed E-state index contributed by atoms with van der Waals surface area (Å²) in [5.74, 6) is -0.225. The van der Waals surface area contributed by atoms with Gasteiger partial charge in [0.2, 0.25) is 0 Å². The zero-order valence-corrected chi connectivity index (χ0v) is 66.0. The number of aromatic hydroxyl groups is 3. The lowest BCUT2D eigenvalue weighted by molar-refractivity contribution is -0.143. The maximum Gasteiger partial charge on any atom is 0.343 e. The number of phenolic OH excluding ortho intramolecular Hbond substituents is 3. The third kappa shape index (κ3) is 28.0. The molecule has 9 rings (SSSR count). The SMILES string of the molecule is CCCCCCCCCCCCOc1ccc(C)cc1NC(=O)c1cc(OCCSCC(=O)O)c2ccccc2c1O.CCCCCCCCOc1ccc(C)cc1NC(=O)c1cc(Cl)c2ccccc2c1O.CCCCCCCCOc1ccc(C)cc1NC(=O)c1cc(OCC(=O)OC)c2ccccc2c1O. The largest absolute Gasteiger partial charge is 0.506 e. The summed E-state index contributed by atoms with van der Waals surface area (Å²) in [4.78, 5) is 62.1. The highest BCUT2D eigenvalue weighted by Gasteiger charge is 2.24. The minimum absolute atomic E-state index is 0.00652. The van der Waals surface area contributed by atoms with E-state index in [1.165, 1.54) is 140 Å². The molecule has 0 heterocycles. The summed E-state index contributed by atoms with van der Waals surface area (Å²) in [6.45, 7) is 14.2. The van der Waals surface area contributed by atoms with Gasteiger partial charge in [0.25, 0.3) is 17.7 Å². The maximum absolute atomic E-state index is 13.5. The third-order valence-electron chi connectivity index (χ3n) is 18.4. The molecule has 0 saturated heterocycles. The number of thioether (sulfide) groups is 1. The van der Waals surface area contributed by atoms with Crippen molar-refractivity contribution in [2.24, 2.45) is 0 Å². The van der Waals surface area contributed by atoms with Crippen molar-refractivity contribution < 1.29 is 72.8 Å². The Morgan fingerprint density at radius 2 is 0.688 bits per heavy atom. The zero-order valence-electron chi connectivity index (χ0n) is 64.4. The fourth-order valence-corrected chi connectivity index (χ4v) is 13.2. The van der Waals surface area contributed by atoms with Crippen LogP contribution in [0.3, 0.4) is 0 Å². The van der Waals surface area contributed by atoms with Gasteiger partial charge in [-0.3, -0.25) is 19.2 Å². The Morgan fingerprint density at radius 3 is 1.05 bits per heavy atom. The summed E-state index contributed by atoms with van der Waals surface area (Å²) in [6.07, 6.45) is 26.6. The molecule has 0 atom stereocenters. The average molecular weight is 1530 g/mol. The van der Waals surface area contributed by atoms with Gasteiger partial charge < -0.3 is 64.8 Å². The Kier molecular flexibility index (Phi) is 37.4. The minimum atomic E-state index is -0.878. The van der Waals surface area contributed by atoms with E-state index in [-0.39, 0.29) is 52.9 Å². The van der Waals surface area contributed by atoms with Crippen LogP contribution in [0.1, 0.15) is 210 Å². The number of anilines is 3. The molecule has 0 saturated carbocycles. The van der Waals surface area contributed by atoms with E-state index in [0.29, 0.717) is 109 Å². The maximum atomic E-state index is 13.5. The zero-order chi connectivity index (χ0) is 78.3. The number of aliphatic carboxylic acids is 1. The number of carboxylic acids is 1. The van der Waals surface area contributed by atoms with Gasteiger partial charge >= 0.3 is 11.9 Å². The van der Waals surface area contributed by atoms with Crippen molar-refractivity contribution in [2.45, 2.75) is 183 Å². The Hall–Kier alpha value is -9.85. The van der Waals surface area contributed by atoms with Gasteiger partial charge in [-0.05, 0) is 111 Å². The number of benzene rings is 9. The van der Waals surface area contributed by atoms with E-state index in [9.17, 15) is 39.3 Å². The number of nitrogens with one attached hydrogen (secondary N) is 3. The van der Waals surface area contributed by atoms with Gasteiger partial charge in [0.1, 0.15) is 46.0 Å². The van der Waals surface area contributed by atoms with Crippen LogP contribution in [0.4, 0.5) is 17.1 Å². The molecule has 20 heteroatoms. The van der Waals surface area contributed by atoms with Crippen LogP contribution in [0, 0.1) is 20.8 Å². The highest BCUT2D eigenvalue weighted by atomic mass is 35.5. The Morgan fingerprint density at radius 1 is 0.376 bits per heavy atom. The number of hydrogen-bond acceptors (Lipinski definition) is 15. The number of methoxy groups -OCH3 is 1. The van der Waals surface area contributed by atoms with Crippen LogP contribution in [0.25, 0.3) is 32.3 Å². The van der Waals surface area contributed by atoms with Crippen LogP contribution in [0.5, 0.6) is 46.0 Å². The number of ether oxygens (including phenoxy) is 6. The summed E-state index contributed by atoms with van der Waals surface area (Å²) in [5, 5.41) is 54.0. The first kappa shape index (κ1) is 86.4. The van der Waals surface area contributed by atoms with Crippen molar-refractivity contribution >= 4 is 102 Å². The standard InChI is InChI=1S/C34H45NO6S.C29H35NO6.C26H30ClNO3/c1-3-4-5-6-7-8-9-10-11-14-19-40-30-18-17-25(2)22-29(30)35-34(39)28-23-31(41-20-21-42-24-32(36)37)26-15-12-13-16-27(26)33(28)38;1-4-5-6-7-8-11-16-35-25-15-14-20(2)17-24(25)30-29(33)23-18-26(36-19-27(31)34-3)21-12-9-10-13-22(21)28(23)32;1-3-4-5-6-7-10-15-31-24-14-13-18(2)16-23(24)28-26(30)21-17-22(27)19-11-8-9-12-20(19)25(21)29/h12-13,15-18,22-23,38H,3-11,14,19-21,24H2,1-2H3,(H,35,39)(H,36,37);9-10,12-15,17-18,32H,4-8,11,16,19H2,1-3H3,(H,30,33);8-9,11-14,16-17,29H,3-7,10,15H2,1-2H3,(H,28,30). The van der Waals surface area contributed by atoms with Gasteiger partial charge in [0.15, 0.2) is 6.61 Å². The molecule has 0 aliphatic carbocycles. The summed E-state index contributed by atoms with van der Waals surface area (Å²) < 4.78 is 34.2. The topological polar surface area (TPSA) is 258 Å². The molecule has 0 aliphatic heterocycles. The van der Waals surface area contributed by atoms with Gasteiger partial charge in [-0.25, -0.2) is 4.79 Å². The van der Waals surface area contributed by atoms with E-state index in [1.54, 1.807) is 48.5 Å². The number of aryl methyl sites for hydroxylation is 3. The monoisotopic (exact) mass is 1530 g/mol. The molecule has 0 fully saturated rings. The molecule has 7 N–H and O–H groups in total. The minimum Gasteiger partial charge on any atom is -0.506 e. The number of carboxylic acid groups (broad SMARTS) is 1. The second-order valence-corrected chi connectivity index (χ2v) is 28.7. The summed E-state index contributed by atoms with van der Waals surface area (Å²) in [7, 11) is 1.27. The number of rotatable bonds is 43. The number of amides is 3. The molecule has 0 aromatic heterocycles. The molecular weight excluding hydrogens is 1420 g/mol. The summed E-state index contributed by atoms with van der Waals surface area (Å²) in [6, 6.07) is 42.8. The van der Waals surface area contributed by atoms with Gasteiger partial charge in [0.05, 0.1) is 73.0 Å². The second kappa shape index (κ2) is 47.2. The van der Waals surface area contributed by atoms with Crippen molar-refractivity contribution in [1.29, 1.82) is 0 Å². The van der Waals surface area contributed by atoms with Crippen LogP contribution in [0.2, 0.25) is 5.02 Å². The molecule has 3 amide bonds. The van der Waals surface area contributed by atoms with E-state index in [1.807, 2.05) is 99.6 Å². The second-order valence-electron chi connectivity index (χ2n) is 27.2. The average Bonchev–Trinajstić information content (AvgIpc) is 0.795. The van der Waals surface area contributed by atoms with Gasteiger partial charge in [-0.2, -0.15) is 0 Å². The molecule has 0 aliphatic rings. The molecule has 9 aromatic carbocycles. The van der Waals surface area contributed by atoms with Crippen LogP contribution in [-0.2, 0) is 14.3 Å². The third-order valence-corrected chi connectivity index (χ3v) is 19.6. The predicted octanol–water partition coefficient (Wildman–Crippen LogP) is 22.5. The number of unbranched alkanes of at least 4 members (excludes halogenated alkanes) is 19. The molecule has 109 heavy (non-hydrogen) atoms. The Balaban J connectivity index is 0.000000230. The molecule has 9 aromatic rings. The Bertz CT molecular complexity index is 4410. The lowest BCUT2D eigenvalue weighted by atomic mass is 10.0. The van der Waals surface area contributed by atoms with Crippen molar-refractivity contribution in [3.8, 4) is 46.0 Å². The first-order valence-corrected chi connectivity index (χ1v) is 40.0. The van der Waals surface area contributed by atoms with Crippen LogP contribution >= 0.6 is 23.4 Å². The van der Waals surface area contributed by atoms with E-state index >= 15 is 0 Å². The highest BCUT2D eigenvalue weighted by Crippen LogP contribution is 2.41. The van der Waals surface area contributed by atoms with Crippen molar-refractivity contribution in [1.82, 2.24) is 0 Å². The molecule has 0 spiro atoms. The first-order valence-electron chi connectivity index (χ1n) is 38.5. The highest BCUT2D eigenvalue weighted by molar-refractivity contribution is 7.99. The van der Waals surface area contributed by atoms with Crippen molar-refractivity contribution in [2.75, 3.05) is 67.6 Å². The van der Waals surface area contributed by atoms with Crippen molar-refractivity contribution in [3.63, 3.8) is 0 Å². The van der Waals surface area contributed by atoms with Gasteiger partial charge in [0, 0.05) is 43.1 Å². The molecule has 0 unspecified atom stereocenters. The number of halogens is 1. The Labute approximate surface area is 651 Å². The number of hydrogen-bond donors (Lipinski definition) is 7. The molecular formula is C89H110ClN3O15S. The van der Waals surface area contributed by atoms with Gasteiger partial charge in [-0.15, -0.1) is 11.8 Å². The fourth-order valence-electron chi connectivity index (χ4n) is 12.4. The predicted molar refractivity (Wildman–Crippen MR) is 442 cm³/mol. The number of esters is 1. The quantitative estimate of drug-likeness (QED) is 0.0138. The number of carbonyl (C=O) groups is 5.